The smallest absolute Gasteiger partial charge is 0.273 e. The van der Waals surface area contributed by atoms with Gasteiger partial charge in [-0.3, -0.25) is 15.0 Å². The molecular weight excluding hydrogens is 272 g/mol. The molecule has 21 heavy (non-hydrogen) atoms. The molecule has 1 aliphatic rings. The summed E-state index contributed by atoms with van der Waals surface area (Å²) >= 11 is 0. The molecule has 1 aromatic carbocycles. The first kappa shape index (κ1) is 15.7. The Bertz CT molecular complexity index is 504. The van der Waals surface area contributed by atoms with Crippen LogP contribution in [0.2, 0.25) is 0 Å². The van der Waals surface area contributed by atoms with Crippen molar-refractivity contribution in [2.24, 2.45) is 0 Å². The van der Waals surface area contributed by atoms with Gasteiger partial charge in [0, 0.05) is 18.2 Å². The molecule has 0 aromatic heterocycles. The highest BCUT2D eigenvalue weighted by Gasteiger charge is 2.32. The zero-order chi connectivity index (χ0) is 15.5. The molecule has 1 unspecified atom stereocenters. The first-order valence-electron chi connectivity index (χ1n) is 7.19. The van der Waals surface area contributed by atoms with Crippen molar-refractivity contribution in [3.63, 3.8) is 0 Å². The van der Waals surface area contributed by atoms with Gasteiger partial charge in [-0.25, -0.2) is 0 Å². The minimum absolute atomic E-state index is 0.0114. The molecular formula is C15H22N2O4. The third kappa shape index (κ3) is 4.15. The van der Waals surface area contributed by atoms with E-state index in [0.717, 1.165) is 19.4 Å². The minimum Gasteiger partial charge on any atom is -0.491 e. The van der Waals surface area contributed by atoms with Crippen LogP contribution < -0.4 is 4.74 Å². The van der Waals surface area contributed by atoms with Crippen molar-refractivity contribution in [2.75, 3.05) is 19.7 Å². The van der Waals surface area contributed by atoms with Crippen molar-refractivity contribution < 1.29 is 14.8 Å². The van der Waals surface area contributed by atoms with E-state index in [1.165, 1.54) is 12.1 Å². The molecule has 6 heteroatoms. The first-order chi connectivity index (χ1) is 9.88. The van der Waals surface area contributed by atoms with Crippen molar-refractivity contribution >= 4 is 5.69 Å². The van der Waals surface area contributed by atoms with E-state index in [1.54, 1.807) is 12.1 Å². The second-order valence-corrected chi connectivity index (χ2v) is 6.08. The highest BCUT2D eigenvalue weighted by atomic mass is 16.6. The Labute approximate surface area is 124 Å². The van der Waals surface area contributed by atoms with Gasteiger partial charge in [0.05, 0.1) is 11.0 Å². The van der Waals surface area contributed by atoms with E-state index in [1.807, 2.05) is 0 Å². The van der Waals surface area contributed by atoms with Crippen LogP contribution in [0.3, 0.4) is 0 Å². The van der Waals surface area contributed by atoms with Crippen molar-refractivity contribution in [1.82, 2.24) is 4.90 Å². The number of aliphatic hydroxyl groups excluding tert-OH is 1. The molecule has 0 radical (unpaired) electrons. The van der Waals surface area contributed by atoms with Gasteiger partial charge in [0.2, 0.25) is 0 Å². The van der Waals surface area contributed by atoms with E-state index >= 15 is 0 Å². The summed E-state index contributed by atoms with van der Waals surface area (Å²) < 4.78 is 5.46. The Hall–Kier alpha value is -1.66. The van der Waals surface area contributed by atoms with E-state index in [9.17, 15) is 15.2 Å². The summed E-state index contributed by atoms with van der Waals surface area (Å²) in [6.45, 7) is 6.03. The van der Waals surface area contributed by atoms with Gasteiger partial charge < -0.3 is 9.84 Å². The fraction of sp³-hybridized carbons (Fsp3) is 0.600. The lowest BCUT2D eigenvalue weighted by Gasteiger charge is -2.33. The Morgan fingerprint density at radius 2 is 2.29 bits per heavy atom. The lowest BCUT2D eigenvalue weighted by molar-refractivity contribution is -0.384. The van der Waals surface area contributed by atoms with Crippen LogP contribution in [0.1, 0.15) is 26.7 Å². The first-order valence-corrected chi connectivity index (χ1v) is 7.19. The number of rotatable bonds is 6. The molecule has 0 bridgehead atoms. The van der Waals surface area contributed by atoms with Crippen molar-refractivity contribution in [1.29, 1.82) is 0 Å². The number of non-ortho nitro benzene ring substituents is 1. The number of aliphatic hydroxyl groups is 1. The van der Waals surface area contributed by atoms with E-state index in [0.29, 0.717) is 12.3 Å². The Morgan fingerprint density at radius 1 is 1.52 bits per heavy atom. The number of hydrogen-bond donors (Lipinski definition) is 1. The fourth-order valence-electron chi connectivity index (χ4n) is 2.69. The summed E-state index contributed by atoms with van der Waals surface area (Å²) in [6, 6.07) is 6.01. The fourth-order valence-corrected chi connectivity index (χ4v) is 2.69. The molecule has 1 fully saturated rings. The maximum atomic E-state index is 10.7. The summed E-state index contributed by atoms with van der Waals surface area (Å²) in [7, 11) is 0. The van der Waals surface area contributed by atoms with Crippen molar-refractivity contribution in [2.45, 2.75) is 38.3 Å². The van der Waals surface area contributed by atoms with Crippen LogP contribution in [0.15, 0.2) is 24.3 Å². The Balaban J connectivity index is 1.85. The van der Waals surface area contributed by atoms with Crippen LogP contribution in [-0.2, 0) is 0 Å². The average molecular weight is 294 g/mol. The quantitative estimate of drug-likeness (QED) is 0.643. The number of β-amino-alcohol motifs (C(OH)–C–C–N with tert-alkyl or cyclic N) is 1. The molecule has 116 valence electrons. The lowest BCUT2D eigenvalue weighted by atomic mass is 10.0. The van der Waals surface area contributed by atoms with Gasteiger partial charge in [-0.05, 0) is 39.3 Å². The number of likely N-dealkylation sites (tertiary alicyclic amines) is 1. The summed E-state index contributed by atoms with van der Waals surface area (Å²) in [6.07, 6.45) is 1.67. The van der Waals surface area contributed by atoms with Crippen LogP contribution in [-0.4, -0.2) is 46.3 Å². The normalized spacial score (nSPS) is 19.4. The molecule has 1 saturated heterocycles. The van der Waals surface area contributed by atoms with Gasteiger partial charge in [-0.1, -0.05) is 6.07 Å². The van der Waals surface area contributed by atoms with E-state index in [2.05, 4.69) is 18.7 Å². The molecule has 1 N–H and O–H groups in total. The standard InChI is InChI=1S/C15H22N2O4/c1-15(2)7-4-8-16(15)10-13(18)11-21-14-6-3-5-12(9-14)17(19)20/h3,5-6,9,13,18H,4,7-8,10-11H2,1-2H3. The summed E-state index contributed by atoms with van der Waals surface area (Å²) in [5.74, 6) is 0.406. The molecule has 0 aliphatic carbocycles. The third-order valence-electron chi connectivity index (χ3n) is 3.97. The molecule has 2 rings (SSSR count). The number of benzene rings is 1. The highest BCUT2D eigenvalue weighted by molar-refractivity contribution is 5.37. The van der Waals surface area contributed by atoms with Gasteiger partial charge in [0.25, 0.3) is 5.69 Å². The minimum atomic E-state index is -0.610. The zero-order valence-corrected chi connectivity index (χ0v) is 12.5. The summed E-state index contributed by atoms with van der Waals surface area (Å²) in [5, 5.41) is 20.8. The van der Waals surface area contributed by atoms with Crippen LogP contribution in [0, 0.1) is 10.1 Å². The molecule has 6 nitrogen and oxygen atoms in total. The predicted octanol–water partition coefficient (Wildman–Crippen LogP) is 2.21. The van der Waals surface area contributed by atoms with E-state index < -0.39 is 11.0 Å². The topological polar surface area (TPSA) is 75.8 Å². The van der Waals surface area contributed by atoms with Crippen LogP contribution >= 0.6 is 0 Å². The van der Waals surface area contributed by atoms with E-state index in [-0.39, 0.29) is 17.8 Å². The summed E-state index contributed by atoms with van der Waals surface area (Å²) in [4.78, 5) is 12.5. The average Bonchev–Trinajstić information content (AvgIpc) is 2.76. The number of nitro benzene ring substituents is 1. The molecule has 1 aliphatic heterocycles. The maximum absolute atomic E-state index is 10.7. The summed E-state index contributed by atoms with van der Waals surface area (Å²) in [5.41, 5.74) is 0.106. The van der Waals surface area contributed by atoms with E-state index in [4.69, 9.17) is 4.74 Å². The molecule has 0 amide bonds. The van der Waals surface area contributed by atoms with Gasteiger partial charge in [0.1, 0.15) is 18.5 Å². The lowest BCUT2D eigenvalue weighted by Crippen LogP contribution is -2.44. The van der Waals surface area contributed by atoms with Crippen molar-refractivity contribution in [3.05, 3.63) is 34.4 Å². The zero-order valence-electron chi connectivity index (χ0n) is 12.5. The predicted molar refractivity (Wildman–Crippen MR) is 79.5 cm³/mol. The van der Waals surface area contributed by atoms with Crippen molar-refractivity contribution in [3.8, 4) is 5.75 Å². The van der Waals surface area contributed by atoms with Gasteiger partial charge in [0.15, 0.2) is 0 Å². The Kier molecular flexibility index (Phi) is 4.80. The second-order valence-electron chi connectivity index (χ2n) is 6.08. The molecule has 0 spiro atoms. The van der Waals surface area contributed by atoms with Gasteiger partial charge in [-0.2, -0.15) is 0 Å². The number of nitrogens with zero attached hydrogens (tertiary/aromatic N) is 2. The second kappa shape index (κ2) is 6.41. The largest absolute Gasteiger partial charge is 0.491 e. The van der Waals surface area contributed by atoms with Crippen LogP contribution in [0.25, 0.3) is 0 Å². The third-order valence-corrected chi connectivity index (χ3v) is 3.97. The van der Waals surface area contributed by atoms with Gasteiger partial charge >= 0.3 is 0 Å². The van der Waals surface area contributed by atoms with Crippen LogP contribution in [0.5, 0.6) is 5.75 Å². The highest BCUT2D eigenvalue weighted by Crippen LogP contribution is 2.28. The van der Waals surface area contributed by atoms with Crippen LogP contribution in [0.4, 0.5) is 5.69 Å². The number of nitro groups is 1. The molecule has 1 aromatic rings. The number of hydrogen-bond acceptors (Lipinski definition) is 5. The Morgan fingerprint density at radius 3 is 2.90 bits per heavy atom. The monoisotopic (exact) mass is 294 g/mol. The molecule has 1 heterocycles. The SMILES string of the molecule is CC1(C)CCCN1CC(O)COc1cccc([N+](=O)[O-])c1. The maximum Gasteiger partial charge on any atom is 0.273 e. The molecule has 0 saturated carbocycles. The number of ether oxygens (including phenoxy) is 1. The van der Waals surface area contributed by atoms with Gasteiger partial charge in [-0.15, -0.1) is 0 Å². The molecule has 1 atom stereocenters.